The summed E-state index contributed by atoms with van der Waals surface area (Å²) in [6.45, 7) is 2.85. The van der Waals surface area contributed by atoms with Crippen LogP contribution in [0.4, 0.5) is 0 Å². The number of hydrogen-bond donors (Lipinski definition) is 2. The molecule has 1 saturated heterocycles. The minimum Gasteiger partial charge on any atom is -0.383 e. The number of ether oxygens (including phenoxy) is 1. The van der Waals surface area contributed by atoms with Gasteiger partial charge in [-0.25, -0.2) is 0 Å². The van der Waals surface area contributed by atoms with Crippen LogP contribution in [0.15, 0.2) is 0 Å². The Morgan fingerprint density at radius 2 is 2.47 bits per heavy atom. The molecule has 0 aromatic heterocycles. The molecule has 1 rings (SSSR count). The van der Waals surface area contributed by atoms with E-state index in [4.69, 9.17) is 4.74 Å². The van der Waals surface area contributed by atoms with Crippen molar-refractivity contribution in [3.05, 3.63) is 0 Å². The Hall–Kier alpha value is -1.10. The van der Waals surface area contributed by atoms with Gasteiger partial charge in [0.15, 0.2) is 0 Å². The first-order valence-electron chi connectivity index (χ1n) is 5.19. The monoisotopic (exact) mass is 214 g/mol. The maximum Gasteiger partial charge on any atom is 0.225 e. The molecule has 2 atom stereocenters. The number of rotatable bonds is 4. The van der Waals surface area contributed by atoms with E-state index < -0.39 is 0 Å². The maximum atomic E-state index is 11.7. The number of piperidine rings is 1. The normalized spacial score (nSPS) is 23.1. The smallest absolute Gasteiger partial charge is 0.225 e. The van der Waals surface area contributed by atoms with Crippen LogP contribution in [0.5, 0.6) is 0 Å². The molecule has 2 N–H and O–H groups in total. The van der Waals surface area contributed by atoms with Crippen molar-refractivity contribution in [1.29, 1.82) is 0 Å². The third-order valence-corrected chi connectivity index (χ3v) is 2.44. The highest BCUT2D eigenvalue weighted by Crippen LogP contribution is 2.10. The second-order valence-corrected chi connectivity index (χ2v) is 3.90. The fourth-order valence-corrected chi connectivity index (χ4v) is 1.61. The SMILES string of the molecule is COCC(C)NC(=O)C1CCC(=O)NC1. The fourth-order valence-electron chi connectivity index (χ4n) is 1.61. The molecule has 0 aromatic carbocycles. The summed E-state index contributed by atoms with van der Waals surface area (Å²) in [6.07, 6.45) is 1.08. The van der Waals surface area contributed by atoms with E-state index in [0.29, 0.717) is 26.0 Å². The predicted octanol–water partition coefficient (Wildman–Crippen LogP) is -0.336. The Kier molecular flexibility index (Phi) is 4.55. The van der Waals surface area contributed by atoms with E-state index in [0.717, 1.165) is 0 Å². The zero-order valence-corrected chi connectivity index (χ0v) is 9.21. The molecule has 0 aromatic rings. The third kappa shape index (κ3) is 3.87. The van der Waals surface area contributed by atoms with Gasteiger partial charge in [0.2, 0.25) is 11.8 Å². The first-order chi connectivity index (χ1) is 7.13. The maximum absolute atomic E-state index is 11.7. The van der Waals surface area contributed by atoms with E-state index in [2.05, 4.69) is 10.6 Å². The van der Waals surface area contributed by atoms with E-state index >= 15 is 0 Å². The average molecular weight is 214 g/mol. The van der Waals surface area contributed by atoms with Crippen molar-refractivity contribution in [1.82, 2.24) is 10.6 Å². The van der Waals surface area contributed by atoms with E-state index in [1.807, 2.05) is 6.92 Å². The zero-order valence-electron chi connectivity index (χ0n) is 9.21. The van der Waals surface area contributed by atoms with Crippen LogP contribution in [0.2, 0.25) is 0 Å². The Morgan fingerprint density at radius 3 is 3.00 bits per heavy atom. The summed E-state index contributed by atoms with van der Waals surface area (Å²) in [5.41, 5.74) is 0. The summed E-state index contributed by atoms with van der Waals surface area (Å²) in [5.74, 6) is -0.0643. The largest absolute Gasteiger partial charge is 0.383 e. The molecule has 0 bridgehead atoms. The van der Waals surface area contributed by atoms with Gasteiger partial charge in [-0.1, -0.05) is 0 Å². The molecular weight excluding hydrogens is 196 g/mol. The van der Waals surface area contributed by atoms with Crippen LogP contribution in [0, 0.1) is 5.92 Å². The summed E-state index contributed by atoms with van der Waals surface area (Å²) in [4.78, 5) is 22.6. The summed E-state index contributed by atoms with van der Waals surface area (Å²) < 4.78 is 4.92. The molecule has 86 valence electrons. The average Bonchev–Trinajstić information content (AvgIpc) is 2.18. The number of hydrogen-bond acceptors (Lipinski definition) is 3. The predicted molar refractivity (Wildman–Crippen MR) is 55.2 cm³/mol. The standard InChI is InChI=1S/C10H18N2O3/c1-7(6-15-2)12-10(14)8-3-4-9(13)11-5-8/h7-8H,3-6H2,1-2H3,(H,11,13)(H,12,14). The van der Waals surface area contributed by atoms with Crippen LogP contribution < -0.4 is 10.6 Å². The van der Waals surface area contributed by atoms with Gasteiger partial charge in [-0.15, -0.1) is 0 Å². The molecule has 2 unspecified atom stereocenters. The highest BCUT2D eigenvalue weighted by Gasteiger charge is 2.24. The zero-order chi connectivity index (χ0) is 11.3. The van der Waals surface area contributed by atoms with Crippen LogP contribution in [0.3, 0.4) is 0 Å². The minimum atomic E-state index is -0.0954. The molecule has 1 fully saturated rings. The first-order valence-corrected chi connectivity index (χ1v) is 5.19. The van der Waals surface area contributed by atoms with Crippen LogP contribution in [-0.2, 0) is 14.3 Å². The topological polar surface area (TPSA) is 67.4 Å². The van der Waals surface area contributed by atoms with E-state index in [-0.39, 0.29) is 23.8 Å². The van der Waals surface area contributed by atoms with E-state index in [1.165, 1.54) is 0 Å². The molecule has 5 heteroatoms. The molecule has 1 aliphatic heterocycles. The van der Waals surface area contributed by atoms with Gasteiger partial charge in [0.25, 0.3) is 0 Å². The highest BCUT2D eigenvalue weighted by atomic mass is 16.5. The fraction of sp³-hybridized carbons (Fsp3) is 0.800. The van der Waals surface area contributed by atoms with Crippen molar-refractivity contribution in [3.63, 3.8) is 0 Å². The lowest BCUT2D eigenvalue weighted by Gasteiger charge is -2.23. The molecule has 15 heavy (non-hydrogen) atoms. The quantitative estimate of drug-likeness (QED) is 0.673. The Labute approximate surface area is 89.6 Å². The third-order valence-electron chi connectivity index (χ3n) is 2.44. The number of carbonyl (C=O) groups excluding carboxylic acids is 2. The molecule has 1 aliphatic rings. The molecule has 0 aliphatic carbocycles. The van der Waals surface area contributed by atoms with Gasteiger partial charge >= 0.3 is 0 Å². The minimum absolute atomic E-state index is 0.000417. The van der Waals surface area contributed by atoms with E-state index in [9.17, 15) is 9.59 Å². The number of carbonyl (C=O) groups is 2. The van der Waals surface area contributed by atoms with Crippen molar-refractivity contribution in [3.8, 4) is 0 Å². The molecule has 0 radical (unpaired) electrons. The van der Waals surface area contributed by atoms with Crippen molar-refractivity contribution in [2.45, 2.75) is 25.8 Å². The molecule has 0 spiro atoms. The van der Waals surface area contributed by atoms with Crippen molar-refractivity contribution >= 4 is 11.8 Å². The second-order valence-electron chi connectivity index (χ2n) is 3.90. The van der Waals surface area contributed by atoms with Gasteiger partial charge in [-0.05, 0) is 13.3 Å². The number of methoxy groups -OCH3 is 1. The number of amides is 2. The summed E-state index contributed by atoms with van der Waals surface area (Å²) in [7, 11) is 1.60. The lowest BCUT2D eigenvalue weighted by molar-refractivity contribution is -0.129. The molecule has 1 heterocycles. The molecule has 2 amide bonds. The lowest BCUT2D eigenvalue weighted by Crippen LogP contribution is -2.46. The van der Waals surface area contributed by atoms with Crippen LogP contribution >= 0.6 is 0 Å². The summed E-state index contributed by atoms with van der Waals surface area (Å²) in [5, 5.41) is 5.54. The Balaban J connectivity index is 2.30. The second kappa shape index (κ2) is 5.70. The van der Waals surface area contributed by atoms with Gasteiger partial charge in [-0.2, -0.15) is 0 Å². The summed E-state index contributed by atoms with van der Waals surface area (Å²) in [6, 6.07) is 0.0140. The molecule has 5 nitrogen and oxygen atoms in total. The van der Waals surface area contributed by atoms with Gasteiger partial charge in [-0.3, -0.25) is 9.59 Å². The highest BCUT2D eigenvalue weighted by molar-refractivity contribution is 5.83. The van der Waals surface area contributed by atoms with Crippen LogP contribution in [-0.4, -0.2) is 38.1 Å². The Bertz CT molecular complexity index is 233. The molecule has 0 saturated carbocycles. The van der Waals surface area contributed by atoms with Gasteiger partial charge in [0.05, 0.1) is 12.5 Å². The van der Waals surface area contributed by atoms with Gasteiger partial charge in [0, 0.05) is 26.1 Å². The van der Waals surface area contributed by atoms with Crippen LogP contribution in [0.25, 0.3) is 0 Å². The van der Waals surface area contributed by atoms with Gasteiger partial charge in [0.1, 0.15) is 0 Å². The first kappa shape index (κ1) is 12.0. The van der Waals surface area contributed by atoms with Crippen molar-refractivity contribution < 1.29 is 14.3 Å². The van der Waals surface area contributed by atoms with E-state index in [1.54, 1.807) is 7.11 Å². The van der Waals surface area contributed by atoms with Crippen molar-refractivity contribution in [2.24, 2.45) is 5.92 Å². The number of nitrogens with one attached hydrogen (secondary N) is 2. The Morgan fingerprint density at radius 1 is 1.73 bits per heavy atom. The summed E-state index contributed by atoms with van der Waals surface area (Å²) >= 11 is 0. The van der Waals surface area contributed by atoms with Gasteiger partial charge < -0.3 is 15.4 Å². The molecular formula is C10H18N2O3. The van der Waals surface area contributed by atoms with Crippen LogP contribution in [0.1, 0.15) is 19.8 Å². The lowest BCUT2D eigenvalue weighted by atomic mass is 9.98. The van der Waals surface area contributed by atoms with Crippen molar-refractivity contribution in [2.75, 3.05) is 20.3 Å².